The normalized spacial score (nSPS) is 9.11. The van der Waals surface area contributed by atoms with E-state index >= 15 is 0 Å². The van der Waals surface area contributed by atoms with Crippen molar-refractivity contribution in [1.29, 1.82) is 0 Å². The number of aryl methyl sites for hydroxylation is 1. The lowest BCUT2D eigenvalue weighted by Crippen LogP contribution is -2.32. The number of hydrogen-bond acceptors (Lipinski definition) is 4. The minimum atomic E-state index is 0.0561. The summed E-state index contributed by atoms with van der Waals surface area (Å²) in [4.78, 5) is 29.4. The van der Waals surface area contributed by atoms with E-state index in [1.165, 1.54) is 5.56 Å². The van der Waals surface area contributed by atoms with Gasteiger partial charge in [0.25, 0.3) is 0 Å². The number of amides is 1. The Bertz CT molecular complexity index is 393. The van der Waals surface area contributed by atoms with E-state index in [2.05, 4.69) is 12.2 Å². The molecule has 1 aromatic carbocycles. The number of likely N-dealkylation sites (N-methyl/N-ethyl adjacent to an activating group) is 1. The van der Waals surface area contributed by atoms with Crippen LogP contribution in [0.15, 0.2) is 24.3 Å². The number of rotatable bonds is 4. The van der Waals surface area contributed by atoms with E-state index in [1.54, 1.807) is 0 Å². The van der Waals surface area contributed by atoms with Crippen LogP contribution in [0, 0.1) is 6.92 Å². The van der Waals surface area contributed by atoms with Gasteiger partial charge in [0.05, 0.1) is 6.54 Å². The van der Waals surface area contributed by atoms with Crippen LogP contribution in [0.3, 0.4) is 0 Å². The van der Waals surface area contributed by atoms with Crippen LogP contribution in [0.25, 0.3) is 0 Å². The number of carbonyl (C=O) groups excluding carboxylic acids is 3. The third-order valence-corrected chi connectivity index (χ3v) is 2.07. The molecule has 0 aliphatic carbocycles. The Morgan fingerprint density at radius 2 is 1.72 bits per heavy atom. The van der Waals surface area contributed by atoms with Crippen LogP contribution in [0.5, 0.6) is 0 Å². The molecule has 0 saturated heterocycles. The van der Waals surface area contributed by atoms with Gasteiger partial charge < -0.3 is 10.2 Å². The van der Waals surface area contributed by atoms with Crippen molar-refractivity contribution in [3.63, 3.8) is 0 Å². The van der Waals surface area contributed by atoms with Crippen molar-refractivity contribution in [3.05, 3.63) is 35.4 Å². The Labute approximate surface area is 107 Å². The zero-order valence-electron chi connectivity index (χ0n) is 10.9. The molecular weight excluding hydrogens is 232 g/mol. The Morgan fingerprint density at radius 3 is 2.17 bits per heavy atom. The lowest BCUT2D eigenvalue weighted by Gasteiger charge is -2.10. The first-order valence-electron chi connectivity index (χ1n) is 5.46. The summed E-state index contributed by atoms with van der Waals surface area (Å²) < 4.78 is 0. The van der Waals surface area contributed by atoms with E-state index in [0.29, 0.717) is 13.1 Å². The second-order valence-corrected chi connectivity index (χ2v) is 4.08. The summed E-state index contributed by atoms with van der Waals surface area (Å²) in [5.74, 6) is 0.0561. The van der Waals surface area contributed by atoms with Gasteiger partial charge in [-0.3, -0.25) is 4.79 Å². The van der Waals surface area contributed by atoms with Crippen molar-refractivity contribution in [2.45, 2.75) is 13.5 Å². The fourth-order valence-electron chi connectivity index (χ4n) is 1.25. The number of nitrogens with zero attached hydrogens (tertiary/aromatic N) is 1. The summed E-state index contributed by atoms with van der Waals surface area (Å²) in [7, 11) is 3.76. The molecule has 0 bridgehead atoms. The highest BCUT2D eigenvalue weighted by atomic mass is 16.2. The summed E-state index contributed by atoms with van der Waals surface area (Å²) in [5.41, 5.74) is 2.37. The maximum Gasteiger partial charge on any atom is 0.373 e. The Balaban J connectivity index is 0.000000873. The Kier molecular flexibility index (Phi) is 8.10. The van der Waals surface area contributed by atoms with Gasteiger partial charge in [0.1, 0.15) is 0 Å². The molecule has 0 saturated carbocycles. The van der Waals surface area contributed by atoms with Crippen LogP contribution in [0.4, 0.5) is 0 Å². The van der Waals surface area contributed by atoms with Crippen molar-refractivity contribution in [2.24, 2.45) is 0 Å². The van der Waals surface area contributed by atoms with Gasteiger partial charge in [0.2, 0.25) is 5.91 Å². The Morgan fingerprint density at radius 1 is 1.22 bits per heavy atom. The summed E-state index contributed by atoms with van der Waals surface area (Å²) in [5, 5.41) is 2.87. The van der Waals surface area contributed by atoms with E-state index < -0.39 is 0 Å². The average molecular weight is 250 g/mol. The van der Waals surface area contributed by atoms with E-state index in [-0.39, 0.29) is 12.1 Å². The van der Waals surface area contributed by atoms with E-state index in [4.69, 9.17) is 9.59 Å². The number of hydrogen-bond donors (Lipinski definition) is 1. The summed E-state index contributed by atoms with van der Waals surface area (Å²) >= 11 is 0. The van der Waals surface area contributed by atoms with Crippen molar-refractivity contribution in [2.75, 3.05) is 20.6 Å². The first kappa shape index (κ1) is 16.0. The van der Waals surface area contributed by atoms with Crippen LogP contribution in [0.1, 0.15) is 11.1 Å². The highest BCUT2D eigenvalue weighted by Crippen LogP contribution is 2.02. The third kappa shape index (κ3) is 8.21. The molecule has 1 N–H and O–H groups in total. The van der Waals surface area contributed by atoms with Crippen molar-refractivity contribution in [3.8, 4) is 0 Å². The van der Waals surface area contributed by atoms with Crippen LogP contribution in [-0.4, -0.2) is 37.6 Å². The molecule has 5 heteroatoms. The van der Waals surface area contributed by atoms with Gasteiger partial charge in [0.15, 0.2) is 0 Å². The smallest absolute Gasteiger partial charge is 0.351 e. The zero-order valence-corrected chi connectivity index (χ0v) is 10.9. The quantitative estimate of drug-likeness (QED) is 0.849. The predicted molar refractivity (Wildman–Crippen MR) is 66.6 cm³/mol. The highest BCUT2D eigenvalue weighted by Gasteiger charge is 2.01. The third-order valence-electron chi connectivity index (χ3n) is 2.07. The maximum absolute atomic E-state index is 11.3. The molecule has 0 unspecified atom stereocenters. The van der Waals surface area contributed by atoms with Crippen LogP contribution < -0.4 is 5.32 Å². The topological polar surface area (TPSA) is 66.5 Å². The number of carbonyl (C=O) groups is 1. The van der Waals surface area contributed by atoms with Gasteiger partial charge in [0, 0.05) is 6.54 Å². The highest BCUT2D eigenvalue weighted by molar-refractivity contribution is 5.77. The molecule has 0 aliphatic heterocycles. The van der Waals surface area contributed by atoms with Crippen LogP contribution in [-0.2, 0) is 20.9 Å². The standard InChI is InChI=1S/C12H18N2O.CO2/c1-10-4-6-11(7-5-10)8-13-12(15)9-14(2)3;2-1-3/h4-7H,8-9H2,1-3H3,(H,13,15);. The van der Waals surface area contributed by atoms with Crippen LogP contribution >= 0.6 is 0 Å². The van der Waals surface area contributed by atoms with Gasteiger partial charge in [-0.05, 0) is 26.6 Å². The van der Waals surface area contributed by atoms with Crippen molar-refractivity contribution < 1.29 is 14.4 Å². The summed E-state index contributed by atoms with van der Waals surface area (Å²) in [6.45, 7) is 3.09. The summed E-state index contributed by atoms with van der Waals surface area (Å²) in [6, 6.07) is 8.16. The van der Waals surface area contributed by atoms with E-state index in [9.17, 15) is 4.79 Å². The fourth-order valence-corrected chi connectivity index (χ4v) is 1.25. The molecule has 0 spiro atoms. The SMILES string of the molecule is Cc1ccc(CNC(=O)CN(C)C)cc1.O=C=O. The lowest BCUT2D eigenvalue weighted by molar-refractivity contribution is -0.191. The average Bonchev–Trinajstić information content (AvgIpc) is 2.28. The number of nitrogens with one attached hydrogen (secondary N) is 1. The summed E-state index contributed by atoms with van der Waals surface area (Å²) in [6.07, 6.45) is 0.250. The molecule has 0 aliphatic rings. The minimum absolute atomic E-state index is 0.0561. The molecule has 5 nitrogen and oxygen atoms in total. The second kappa shape index (κ2) is 9.10. The van der Waals surface area contributed by atoms with E-state index in [1.807, 2.05) is 43.3 Å². The molecule has 1 aromatic rings. The van der Waals surface area contributed by atoms with Crippen LogP contribution in [0.2, 0.25) is 0 Å². The fraction of sp³-hybridized carbons (Fsp3) is 0.385. The van der Waals surface area contributed by atoms with Gasteiger partial charge in [-0.15, -0.1) is 0 Å². The first-order valence-corrected chi connectivity index (χ1v) is 5.46. The maximum atomic E-state index is 11.3. The lowest BCUT2D eigenvalue weighted by atomic mass is 10.1. The molecule has 1 amide bonds. The molecule has 0 aromatic heterocycles. The van der Waals surface area contributed by atoms with Gasteiger partial charge in [-0.1, -0.05) is 29.8 Å². The molecule has 0 radical (unpaired) electrons. The van der Waals surface area contributed by atoms with E-state index in [0.717, 1.165) is 5.56 Å². The largest absolute Gasteiger partial charge is 0.373 e. The minimum Gasteiger partial charge on any atom is -0.351 e. The number of benzene rings is 1. The zero-order chi connectivity index (χ0) is 14.0. The molecule has 0 fully saturated rings. The predicted octanol–water partition coefficient (Wildman–Crippen LogP) is 0.589. The van der Waals surface area contributed by atoms with Crippen molar-refractivity contribution in [1.82, 2.24) is 10.2 Å². The second-order valence-electron chi connectivity index (χ2n) is 4.08. The van der Waals surface area contributed by atoms with Gasteiger partial charge >= 0.3 is 6.15 Å². The molecular formula is C13H18N2O3. The molecule has 0 atom stereocenters. The molecule has 0 heterocycles. The van der Waals surface area contributed by atoms with Crippen molar-refractivity contribution >= 4 is 12.1 Å². The van der Waals surface area contributed by atoms with Gasteiger partial charge in [-0.25, -0.2) is 0 Å². The molecule has 98 valence electrons. The molecule has 18 heavy (non-hydrogen) atoms. The first-order chi connectivity index (χ1) is 8.49. The monoisotopic (exact) mass is 250 g/mol. The van der Waals surface area contributed by atoms with Gasteiger partial charge in [-0.2, -0.15) is 9.59 Å². The molecule has 1 rings (SSSR count). The Hall–Kier alpha value is -1.97.